The number of hydrogen-bond donors (Lipinski definition) is 1. The van der Waals surface area contributed by atoms with Crippen LogP contribution in [0.5, 0.6) is 0 Å². The van der Waals surface area contributed by atoms with Crippen LogP contribution in [0.25, 0.3) is 11.3 Å². The number of aromatic nitrogens is 2. The van der Waals surface area contributed by atoms with Crippen LogP contribution in [0, 0.1) is 16.9 Å². The van der Waals surface area contributed by atoms with Gasteiger partial charge in [0.1, 0.15) is 13.9 Å². The van der Waals surface area contributed by atoms with Gasteiger partial charge in [-0.05, 0) is 23.1 Å². The van der Waals surface area contributed by atoms with Crippen LogP contribution in [-0.2, 0) is 0 Å². The summed E-state index contributed by atoms with van der Waals surface area (Å²) in [4.78, 5) is 8.04. The van der Waals surface area contributed by atoms with Gasteiger partial charge in [-0.25, -0.2) is 4.98 Å². The molecule has 0 spiro atoms. The number of nitrogens with zero attached hydrogens (tertiary/aromatic N) is 1. The van der Waals surface area contributed by atoms with Crippen LogP contribution in [-0.4, -0.2) is 18.0 Å². The quantitative estimate of drug-likeness (QED) is 0.577. The summed E-state index contributed by atoms with van der Waals surface area (Å²) < 4.78 is 0. The monoisotopic (exact) mass is 324 g/mol. The van der Waals surface area contributed by atoms with Gasteiger partial charge in [0.05, 0.1) is 11.9 Å². The molecule has 23 heavy (non-hydrogen) atoms. The number of aromatic amines is 1. The highest BCUT2D eigenvalue weighted by Crippen LogP contribution is 2.33. The van der Waals surface area contributed by atoms with Gasteiger partial charge in [-0.15, -0.1) is 5.54 Å². The smallest absolute Gasteiger partial charge is 0.129 e. The highest BCUT2D eigenvalue weighted by molar-refractivity contribution is 6.83. The van der Waals surface area contributed by atoms with Crippen LogP contribution in [0.3, 0.4) is 0 Å². The molecule has 0 aliphatic rings. The third-order valence-corrected chi connectivity index (χ3v) is 4.96. The lowest BCUT2D eigenvalue weighted by molar-refractivity contribution is 0.329. The van der Waals surface area contributed by atoms with Gasteiger partial charge in [-0.3, -0.25) is 0 Å². The Labute approximate surface area is 141 Å². The van der Waals surface area contributed by atoms with Crippen LogP contribution in [0.1, 0.15) is 45.0 Å². The van der Waals surface area contributed by atoms with E-state index >= 15 is 0 Å². The summed E-state index contributed by atoms with van der Waals surface area (Å²) in [6.45, 7) is 15.7. The van der Waals surface area contributed by atoms with Crippen LogP contribution < -0.4 is 0 Å². The van der Waals surface area contributed by atoms with Gasteiger partial charge >= 0.3 is 0 Å². The van der Waals surface area contributed by atoms with Crippen LogP contribution in [0.2, 0.25) is 19.6 Å². The maximum absolute atomic E-state index is 4.57. The third kappa shape index (κ3) is 4.84. The molecule has 1 atom stereocenters. The van der Waals surface area contributed by atoms with E-state index in [1.54, 1.807) is 0 Å². The molecule has 0 fully saturated rings. The predicted octanol–water partition coefficient (Wildman–Crippen LogP) is 5.46. The lowest BCUT2D eigenvalue weighted by Gasteiger charge is -2.25. The molecule has 0 aliphatic heterocycles. The second kappa shape index (κ2) is 6.37. The fraction of sp³-hybridized carbons (Fsp3) is 0.450. The molecule has 1 N–H and O–H groups in total. The maximum atomic E-state index is 4.57. The summed E-state index contributed by atoms with van der Waals surface area (Å²) in [6.07, 6.45) is 1.93. The average Bonchev–Trinajstić information content (AvgIpc) is 2.92. The lowest BCUT2D eigenvalue weighted by Crippen LogP contribution is -2.16. The van der Waals surface area contributed by atoms with E-state index < -0.39 is 8.07 Å². The molecule has 0 unspecified atom stereocenters. The molecule has 1 aromatic carbocycles. The number of benzene rings is 1. The van der Waals surface area contributed by atoms with Gasteiger partial charge in [0.2, 0.25) is 0 Å². The van der Waals surface area contributed by atoms with Crippen LogP contribution >= 0.6 is 0 Å². The van der Waals surface area contributed by atoms with Gasteiger partial charge in [0.25, 0.3) is 0 Å². The zero-order valence-corrected chi connectivity index (χ0v) is 16.4. The van der Waals surface area contributed by atoms with Crippen molar-refractivity contribution < 1.29 is 0 Å². The molecule has 0 bridgehead atoms. The Balaban J connectivity index is 2.20. The molecule has 0 radical (unpaired) electrons. The Bertz CT molecular complexity index is 716. The molecule has 0 aliphatic carbocycles. The molecular weight excluding hydrogens is 296 g/mol. The number of imidazole rings is 1. The highest BCUT2D eigenvalue weighted by atomic mass is 28.3. The second-order valence-electron chi connectivity index (χ2n) is 8.35. The minimum atomic E-state index is -1.32. The first-order chi connectivity index (χ1) is 10.6. The summed E-state index contributed by atoms with van der Waals surface area (Å²) in [5.74, 6) is 4.73. The molecule has 122 valence electrons. The topological polar surface area (TPSA) is 28.7 Å². The average molecular weight is 325 g/mol. The number of nitrogens with one attached hydrogen (secondary N) is 1. The molecule has 1 heterocycles. The SMILES string of the molecule is C[C@H](c1ncc(-c2ccc(C#C[Si](C)(C)C)cc2)[nH]1)C(C)(C)C. The summed E-state index contributed by atoms with van der Waals surface area (Å²) in [6, 6.07) is 8.42. The molecule has 0 saturated carbocycles. The Morgan fingerprint density at radius 1 is 1.09 bits per heavy atom. The number of H-pyrrole nitrogens is 1. The van der Waals surface area contributed by atoms with Crippen molar-refractivity contribution in [1.29, 1.82) is 0 Å². The first kappa shape index (κ1) is 17.6. The van der Waals surface area contributed by atoms with E-state index in [9.17, 15) is 0 Å². The van der Waals surface area contributed by atoms with E-state index in [4.69, 9.17) is 0 Å². The lowest BCUT2D eigenvalue weighted by atomic mass is 9.82. The molecule has 1 aromatic heterocycles. The normalized spacial score (nSPS) is 13.3. The largest absolute Gasteiger partial charge is 0.342 e. The van der Waals surface area contributed by atoms with Crippen molar-refractivity contribution in [1.82, 2.24) is 9.97 Å². The van der Waals surface area contributed by atoms with Gasteiger partial charge in [0.15, 0.2) is 0 Å². The van der Waals surface area contributed by atoms with Gasteiger partial charge < -0.3 is 4.98 Å². The number of hydrogen-bond acceptors (Lipinski definition) is 1. The molecule has 2 rings (SSSR count). The summed E-state index contributed by atoms with van der Waals surface area (Å²) in [5.41, 5.74) is 6.91. The Hall–Kier alpha value is -1.79. The van der Waals surface area contributed by atoms with Crippen molar-refractivity contribution in [3.8, 4) is 22.7 Å². The molecule has 3 heteroatoms. The highest BCUT2D eigenvalue weighted by Gasteiger charge is 2.24. The van der Waals surface area contributed by atoms with Gasteiger partial charge in [-0.1, -0.05) is 65.4 Å². The summed E-state index contributed by atoms with van der Waals surface area (Å²) in [5, 5.41) is 0. The molecule has 0 amide bonds. The minimum Gasteiger partial charge on any atom is -0.342 e. The zero-order chi connectivity index (χ0) is 17.3. The Morgan fingerprint density at radius 3 is 2.22 bits per heavy atom. The van der Waals surface area contributed by atoms with Gasteiger partial charge in [-0.2, -0.15) is 0 Å². The van der Waals surface area contributed by atoms with Crippen molar-refractivity contribution in [2.45, 2.75) is 53.3 Å². The van der Waals surface area contributed by atoms with E-state index in [2.05, 4.69) is 93.0 Å². The standard InChI is InChI=1S/C20H28N2Si/c1-15(20(2,3)4)19-21-14-18(22-19)17-10-8-16(9-11-17)12-13-23(5,6)7/h8-11,14-15H,1-7H3,(H,21,22)/t15-/m1/s1. The van der Waals surface area contributed by atoms with Crippen molar-refractivity contribution >= 4 is 8.07 Å². The fourth-order valence-corrected chi connectivity index (χ4v) is 2.63. The van der Waals surface area contributed by atoms with Crippen molar-refractivity contribution in [3.05, 3.63) is 41.9 Å². The molecule has 0 saturated heterocycles. The zero-order valence-electron chi connectivity index (χ0n) is 15.4. The summed E-state index contributed by atoms with van der Waals surface area (Å²) in [7, 11) is -1.32. The van der Waals surface area contributed by atoms with E-state index in [0.29, 0.717) is 5.92 Å². The van der Waals surface area contributed by atoms with Crippen molar-refractivity contribution in [3.63, 3.8) is 0 Å². The first-order valence-electron chi connectivity index (χ1n) is 8.25. The van der Waals surface area contributed by atoms with E-state index in [1.165, 1.54) is 0 Å². The van der Waals surface area contributed by atoms with E-state index in [-0.39, 0.29) is 5.41 Å². The van der Waals surface area contributed by atoms with Crippen LogP contribution in [0.4, 0.5) is 0 Å². The van der Waals surface area contributed by atoms with E-state index in [0.717, 1.165) is 22.6 Å². The molecular formula is C20H28N2Si. The fourth-order valence-electron chi connectivity index (χ4n) is 2.11. The molecule has 2 aromatic rings. The number of rotatable bonds is 2. The maximum Gasteiger partial charge on any atom is 0.129 e. The Kier molecular flexibility index (Phi) is 4.86. The summed E-state index contributed by atoms with van der Waals surface area (Å²) >= 11 is 0. The third-order valence-electron chi connectivity index (χ3n) is 4.08. The minimum absolute atomic E-state index is 0.200. The van der Waals surface area contributed by atoms with Crippen molar-refractivity contribution in [2.24, 2.45) is 5.41 Å². The molecule has 2 nitrogen and oxygen atoms in total. The van der Waals surface area contributed by atoms with E-state index in [1.807, 2.05) is 6.20 Å². The predicted molar refractivity (Wildman–Crippen MR) is 102 cm³/mol. The van der Waals surface area contributed by atoms with Gasteiger partial charge in [0, 0.05) is 11.5 Å². The second-order valence-corrected chi connectivity index (χ2v) is 13.1. The van der Waals surface area contributed by atoms with Crippen molar-refractivity contribution in [2.75, 3.05) is 0 Å². The first-order valence-corrected chi connectivity index (χ1v) is 11.7. The van der Waals surface area contributed by atoms with Crippen LogP contribution in [0.15, 0.2) is 30.5 Å². The Morgan fingerprint density at radius 2 is 1.70 bits per heavy atom.